The smallest absolute Gasteiger partial charge is 0.256 e. The minimum atomic E-state index is 0.0142. The third kappa shape index (κ3) is 2.75. The van der Waals surface area contributed by atoms with Gasteiger partial charge in [0.25, 0.3) is 5.91 Å². The molecular weight excluding hydrogens is 264 g/mol. The fourth-order valence-electron chi connectivity index (χ4n) is 2.58. The molecule has 0 fully saturated rings. The van der Waals surface area contributed by atoms with Gasteiger partial charge in [0.15, 0.2) is 0 Å². The number of rotatable bonds is 1. The van der Waals surface area contributed by atoms with E-state index in [1.165, 1.54) is 0 Å². The number of nitrogens with zero attached hydrogens (tertiary/aromatic N) is 2. The zero-order chi connectivity index (χ0) is 14.8. The van der Waals surface area contributed by atoms with Crippen molar-refractivity contribution in [2.45, 2.75) is 20.4 Å². The number of ether oxygens (including phenoxy) is 1. The standard InChI is InChI=1S/C17H18N2O2/c1-12-7-8-15(13(2)18-12)17(20)19-9-10-21-16-6-4-3-5-14(16)11-19/h3-8H,9-11H2,1-2H3. The predicted octanol–water partition coefficient (Wildman–Crippen LogP) is 2.73. The van der Waals surface area contributed by atoms with Gasteiger partial charge in [-0.25, -0.2) is 0 Å². The van der Waals surface area contributed by atoms with E-state index in [0.29, 0.717) is 25.3 Å². The number of aryl methyl sites for hydroxylation is 2. The lowest BCUT2D eigenvalue weighted by molar-refractivity contribution is 0.0732. The summed E-state index contributed by atoms with van der Waals surface area (Å²) in [5, 5.41) is 0. The summed E-state index contributed by atoms with van der Waals surface area (Å²) in [5.41, 5.74) is 3.41. The molecule has 4 heteroatoms. The van der Waals surface area contributed by atoms with Gasteiger partial charge >= 0.3 is 0 Å². The molecule has 1 aromatic carbocycles. The largest absolute Gasteiger partial charge is 0.491 e. The summed E-state index contributed by atoms with van der Waals surface area (Å²) in [6.45, 7) is 5.48. The van der Waals surface area contributed by atoms with E-state index >= 15 is 0 Å². The lowest BCUT2D eigenvalue weighted by atomic mass is 10.1. The van der Waals surface area contributed by atoms with Crippen LogP contribution in [0, 0.1) is 13.8 Å². The van der Waals surface area contributed by atoms with Crippen LogP contribution in [0.25, 0.3) is 0 Å². The van der Waals surface area contributed by atoms with E-state index in [4.69, 9.17) is 4.74 Å². The molecule has 108 valence electrons. The summed E-state index contributed by atoms with van der Waals surface area (Å²) >= 11 is 0. The molecule has 4 nitrogen and oxygen atoms in total. The lowest BCUT2D eigenvalue weighted by Crippen LogP contribution is -2.33. The Labute approximate surface area is 124 Å². The maximum absolute atomic E-state index is 12.7. The fraction of sp³-hybridized carbons (Fsp3) is 0.294. The van der Waals surface area contributed by atoms with E-state index in [2.05, 4.69) is 4.98 Å². The molecular formula is C17H18N2O2. The normalized spacial score (nSPS) is 14.1. The second-order valence-electron chi connectivity index (χ2n) is 5.27. The summed E-state index contributed by atoms with van der Waals surface area (Å²) in [5.74, 6) is 0.881. The molecule has 21 heavy (non-hydrogen) atoms. The maximum Gasteiger partial charge on any atom is 0.256 e. The average Bonchev–Trinajstić information content (AvgIpc) is 2.68. The molecule has 0 spiro atoms. The first kappa shape index (κ1) is 13.6. The summed E-state index contributed by atoms with van der Waals surface area (Å²) < 4.78 is 5.70. The molecule has 0 bridgehead atoms. The van der Waals surface area contributed by atoms with Gasteiger partial charge in [-0.1, -0.05) is 18.2 Å². The highest BCUT2D eigenvalue weighted by Gasteiger charge is 2.22. The topological polar surface area (TPSA) is 42.4 Å². The fourth-order valence-corrected chi connectivity index (χ4v) is 2.58. The third-order valence-electron chi connectivity index (χ3n) is 3.70. The van der Waals surface area contributed by atoms with E-state index in [1.54, 1.807) is 0 Å². The molecule has 1 aliphatic heterocycles. The van der Waals surface area contributed by atoms with Crippen LogP contribution in [0.1, 0.15) is 27.3 Å². The van der Waals surface area contributed by atoms with Crippen molar-refractivity contribution in [1.82, 2.24) is 9.88 Å². The van der Waals surface area contributed by atoms with Crippen LogP contribution < -0.4 is 4.74 Å². The Morgan fingerprint density at radius 2 is 2.00 bits per heavy atom. The first-order valence-corrected chi connectivity index (χ1v) is 7.09. The van der Waals surface area contributed by atoms with Gasteiger partial charge in [-0.3, -0.25) is 9.78 Å². The Bertz CT molecular complexity index is 682. The van der Waals surface area contributed by atoms with Crippen LogP contribution in [0.4, 0.5) is 0 Å². The van der Waals surface area contributed by atoms with Crippen LogP contribution in [-0.4, -0.2) is 28.9 Å². The average molecular weight is 282 g/mol. The van der Waals surface area contributed by atoms with Gasteiger partial charge in [-0.15, -0.1) is 0 Å². The van der Waals surface area contributed by atoms with Gasteiger partial charge in [0, 0.05) is 17.8 Å². The molecule has 1 aliphatic rings. The number of carbonyl (C=O) groups is 1. The van der Waals surface area contributed by atoms with E-state index in [0.717, 1.165) is 22.7 Å². The third-order valence-corrected chi connectivity index (χ3v) is 3.70. The monoisotopic (exact) mass is 282 g/mol. The van der Waals surface area contributed by atoms with Gasteiger partial charge in [-0.05, 0) is 32.0 Å². The highest BCUT2D eigenvalue weighted by Crippen LogP contribution is 2.23. The van der Waals surface area contributed by atoms with Gasteiger partial charge in [0.05, 0.1) is 17.8 Å². The maximum atomic E-state index is 12.7. The number of amides is 1. The van der Waals surface area contributed by atoms with Crippen molar-refractivity contribution in [2.75, 3.05) is 13.2 Å². The molecule has 0 saturated heterocycles. The van der Waals surface area contributed by atoms with Crippen molar-refractivity contribution in [1.29, 1.82) is 0 Å². The number of aromatic nitrogens is 1. The first-order chi connectivity index (χ1) is 10.1. The molecule has 2 aromatic rings. The summed E-state index contributed by atoms with van der Waals surface area (Å²) in [4.78, 5) is 18.9. The molecule has 1 amide bonds. The van der Waals surface area contributed by atoms with Crippen molar-refractivity contribution >= 4 is 5.91 Å². The predicted molar refractivity (Wildman–Crippen MR) is 80.4 cm³/mol. The molecule has 0 aliphatic carbocycles. The summed E-state index contributed by atoms with van der Waals surface area (Å²) in [6, 6.07) is 11.6. The van der Waals surface area contributed by atoms with Crippen LogP contribution >= 0.6 is 0 Å². The quantitative estimate of drug-likeness (QED) is 0.807. The van der Waals surface area contributed by atoms with Crippen molar-refractivity contribution in [2.24, 2.45) is 0 Å². The summed E-state index contributed by atoms with van der Waals surface area (Å²) in [7, 11) is 0. The molecule has 0 radical (unpaired) electrons. The molecule has 0 N–H and O–H groups in total. The second kappa shape index (κ2) is 5.56. The van der Waals surface area contributed by atoms with E-state index in [-0.39, 0.29) is 5.91 Å². The Morgan fingerprint density at radius 1 is 1.19 bits per heavy atom. The van der Waals surface area contributed by atoms with Crippen LogP contribution in [0.5, 0.6) is 5.75 Å². The zero-order valence-electron chi connectivity index (χ0n) is 12.3. The van der Waals surface area contributed by atoms with Crippen LogP contribution in [0.2, 0.25) is 0 Å². The van der Waals surface area contributed by atoms with E-state index in [1.807, 2.05) is 55.1 Å². The summed E-state index contributed by atoms with van der Waals surface area (Å²) in [6.07, 6.45) is 0. The molecule has 2 heterocycles. The second-order valence-corrected chi connectivity index (χ2v) is 5.27. The van der Waals surface area contributed by atoms with Gasteiger partial charge in [0.2, 0.25) is 0 Å². The lowest BCUT2D eigenvalue weighted by Gasteiger charge is -2.20. The number of pyridine rings is 1. The van der Waals surface area contributed by atoms with Crippen molar-refractivity contribution in [3.05, 3.63) is 58.9 Å². The minimum Gasteiger partial charge on any atom is -0.491 e. The van der Waals surface area contributed by atoms with Crippen LogP contribution in [0.15, 0.2) is 36.4 Å². The van der Waals surface area contributed by atoms with Crippen molar-refractivity contribution < 1.29 is 9.53 Å². The van der Waals surface area contributed by atoms with Crippen molar-refractivity contribution in [3.8, 4) is 5.75 Å². The van der Waals surface area contributed by atoms with Gasteiger partial charge in [-0.2, -0.15) is 0 Å². The molecule has 0 atom stereocenters. The molecule has 3 rings (SSSR count). The number of hydrogen-bond donors (Lipinski definition) is 0. The number of benzene rings is 1. The Kier molecular flexibility index (Phi) is 3.60. The Balaban J connectivity index is 1.88. The highest BCUT2D eigenvalue weighted by atomic mass is 16.5. The van der Waals surface area contributed by atoms with E-state index in [9.17, 15) is 4.79 Å². The van der Waals surface area contributed by atoms with E-state index < -0.39 is 0 Å². The van der Waals surface area contributed by atoms with Gasteiger partial charge in [0.1, 0.15) is 12.4 Å². The number of fused-ring (bicyclic) bond motifs is 1. The Morgan fingerprint density at radius 3 is 2.81 bits per heavy atom. The SMILES string of the molecule is Cc1ccc(C(=O)N2CCOc3ccccc3C2)c(C)n1. The van der Waals surface area contributed by atoms with Gasteiger partial charge < -0.3 is 9.64 Å². The zero-order valence-corrected chi connectivity index (χ0v) is 12.3. The Hall–Kier alpha value is -2.36. The molecule has 1 aromatic heterocycles. The first-order valence-electron chi connectivity index (χ1n) is 7.09. The van der Waals surface area contributed by atoms with Crippen LogP contribution in [-0.2, 0) is 6.54 Å². The van der Waals surface area contributed by atoms with Crippen LogP contribution in [0.3, 0.4) is 0 Å². The minimum absolute atomic E-state index is 0.0142. The molecule has 0 saturated carbocycles. The number of para-hydroxylation sites is 1. The van der Waals surface area contributed by atoms with Crippen molar-refractivity contribution in [3.63, 3.8) is 0 Å². The highest BCUT2D eigenvalue weighted by molar-refractivity contribution is 5.95. The number of carbonyl (C=O) groups excluding carboxylic acids is 1. The number of hydrogen-bond acceptors (Lipinski definition) is 3. The molecule has 0 unspecified atom stereocenters.